The van der Waals surface area contributed by atoms with Crippen LogP contribution in [0.2, 0.25) is 0 Å². The van der Waals surface area contributed by atoms with Crippen LogP contribution in [0.25, 0.3) is 6.08 Å². The van der Waals surface area contributed by atoms with E-state index in [9.17, 15) is 0 Å². The Morgan fingerprint density at radius 2 is 1.81 bits per heavy atom. The smallest absolute Gasteiger partial charge is 0.262 e. The molecule has 0 saturated heterocycles. The van der Waals surface area contributed by atoms with Crippen molar-refractivity contribution >= 4 is 42.6 Å². The zero-order valence-corrected chi connectivity index (χ0v) is 20.9. The molecule has 8 heteroatoms. The van der Waals surface area contributed by atoms with E-state index in [-0.39, 0.29) is 5.41 Å². The number of halogens is 1. The summed E-state index contributed by atoms with van der Waals surface area (Å²) in [5.74, 6) is 0.641. The monoisotopic (exact) mass is 478 g/mol. The summed E-state index contributed by atoms with van der Waals surface area (Å²) in [4.78, 5) is 25.2. The summed E-state index contributed by atoms with van der Waals surface area (Å²) in [5.41, 5.74) is 7.78. The summed E-state index contributed by atoms with van der Waals surface area (Å²) in [6.45, 7) is 10.8. The van der Waals surface area contributed by atoms with Crippen LogP contribution < -0.4 is 9.79 Å². The van der Waals surface area contributed by atoms with Crippen LogP contribution in [0.1, 0.15) is 37.5 Å². The number of fused-ring (bicyclic) bond motifs is 1. The molecule has 3 rings (SSSR count). The lowest BCUT2D eigenvalue weighted by molar-refractivity contribution is -0.401. The van der Waals surface area contributed by atoms with E-state index >= 15 is 0 Å². The second-order valence-electron chi connectivity index (χ2n) is 8.22. The van der Waals surface area contributed by atoms with Crippen molar-refractivity contribution in [2.75, 3.05) is 30.9 Å². The summed E-state index contributed by atoms with van der Waals surface area (Å²) >= 11 is 5.97. The molecule has 0 aliphatic carbocycles. The summed E-state index contributed by atoms with van der Waals surface area (Å²) in [6, 6.07) is 15.4. The molecule has 0 aromatic heterocycles. The van der Waals surface area contributed by atoms with Crippen LogP contribution in [0.15, 0.2) is 48.5 Å². The van der Waals surface area contributed by atoms with Gasteiger partial charge in [0.15, 0.2) is 5.71 Å². The van der Waals surface area contributed by atoms with E-state index in [2.05, 4.69) is 98.8 Å². The predicted molar refractivity (Wildman–Crippen MR) is 131 cm³/mol. The number of anilines is 1. The number of nitrogens with zero attached hydrogens (tertiary/aromatic N) is 2. The average molecular weight is 479 g/mol. The van der Waals surface area contributed by atoms with Crippen molar-refractivity contribution in [3.8, 4) is 0 Å². The van der Waals surface area contributed by atoms with E-state index in [0.717, 1.165) is 13.1 Å². The normalized spacial score (nSPS) is 14.9. The third kappa shape index (κ3) is 6.53. The Balaban J connectivity index is 0.000000654. The van der Waals surface area contributed by atoms with Gasteiger partial charge in [0, 0.05) is 42.4 Å². The predicted octanol–water partition coefficient (Wildman–Crippen LogP) is 4.22. The Morgan fingerprint density at radius 1 is 1.19 bits per heavy atom. The van der Waals surface area contributed by atoms with Crippen molar-refractivity contribution in [1.29, 1.82) is 0 Å². The quantitative estimate of drug-likeness (QED) is 0.369. The number of hydrogen-bond acceptors (Lipinski definition) is 3. The molecular formula is C24H32ClN2O4P. The Hall–Kier alpha value is -1.95. The lowest BCUT2D eigenvalue weighted by Gasteiger charge is -2.22. The summed E-state index contributed by atoms with van der Waals surface area (Å²) in [5, 5.41) is 0. The van der Waals surface area contributed by atoms with Gasteiger partial charge in [-0.05, 0) is 57.0 Å². The standard InChI is InChI=1S/C24H30ClN2.H3O4P/c1-6-27(16-15-25)20-13-11-18(2)19(17-20)12-14-23-24(3,4)21-9-7-8-10-22(21)26(23)5;1-5(2,3)4/h7-14,17H,6,15-16H2,1-5H3;(H3,1,2,3,4)/q+1;/p-1. The van der Waals surface area contributed by atoms with E-state index in [1.807, 2.05) is 0 Å². The largest absolute Gasteiger partial charge is 0.756 e. The number of alkyl halides is 1. The molecule has 1 aliphatic heterocycles. The number of para-hydroxylation sites is 1. The highest BCUT2D eigenvalue weighted by Crippen LogP contribution is 2.39. The molecule has 2 N–H and O–H groups in total. The second-order valence-corrected chi connectivity index (χ2v) is 9.58. The van der Waals surface area contributed by atoms with E-state index in [4.69, 9.17) is 30.8 Å². The second kappa shape index (κ2) is 10.8. The number of hydrogen-bond donors (Lipinski definition) is 2. The van der Waals surface area contributed by atoms with Crippen LogP contribution in [0.3, 0.4) is 0 Å². The molecule has 0 atom stereocenters. The fourth-order valence-corrected chi connectivity index (χ4v) is 4.25. The maximum Gasteiger partial charge on any atom is 0.262 e. The van der Waals surface area contributed by atoms with Crippen LogP contribution in [-0.4, -0.2) is 46.1 Å². The first kappa shape index (κ1) is 26.3. The Morgan fingerprint density at radius 3 is 2.38 bits per heavy atom. The summed E-state index contributed by atoms with van der Waals surface area (Å²) < 4.78 is 11.1. The highest BCUT2D eigenvalue weighted by atomic mass is 35.5. The van der Waals surface area contributed by atoms with Gasteiger partial charge in [-0.2, -0.15) is 4.58 Å². The van der Waals surface area contributed by atoms with Crippen LogP contribution in [-0.2, 0) is 9.98 Å². The van der Waals surface area contributed by atoms with Gasteiger partial charge in [-0.3, -0.25) is 4.57 Å². The van der Waals surface area contributed by atoms with Gasteiger partial charge in [0.05, 0.1) is 5.41 Å². The van der Waals surface area contributed by atoms with Gasteiger partial charge < -0.3 is 19.6 Å². The van der Waals surface area contributed by atoms with Crippen molar-refractivity contribution in [3.63, 3.8) is 0 Å². The Labute approximate surface area is 195 Å². The van der Waals surface area contributed by atoms with Gasteiger partial charge in [0.25, 0.3) is 7.82 Å². The molecule has 0 saturated carbocycles. The average Bonchev–Trinajstić information content (AvgIpc) is 2.90. The third-order valence-electron chi connectivity index (χ3n) is 5.73. The molecule has 32 heavy (non-hydrogen) atoms. The van der Waals surface area contributed by atoms with Gasteiger partial charge >= 0.3 is 0 Å². The number of aryl methyl sites for hydroxylation is 1. The van der Waals surface area contributed by atoms with E-state index in [0.29, 0.717) is 5.88 Å². The van der Waals surface area contributed by atoms with Crippen molar-refractivity contribution < 1.29 is 23.8 Å². The summed E-state index contributed by atoms with van der Waals surface area (Å²) in [6.07, 6.45) is 4.54. The molecule has 2 aromatic rings. The van der Waals surface area contributed by atoms with Crippen molar-refractivity contribution in [3.05, 3.63) is 65.2 Å². The molecule has 0 unspecified atom stereocenters. The van der Waals surface area contributed by atoms with Gasteiger partial charge in [0.2, 0.25) is 5.69 Å². The fourth-order valence-electron chi connectivity index (χ4n) is 4.05. The highest BCUT2D eigenvalue weighted by Gasteiger charge is 2.42. The zero-order valence-electron chi connectivity index (χ0n) is 19.2. The Kier molecular flexibility index (Phi) is 8.86. The van der Waals surface area contributed by atoms with Gasteiger partial charge in [-0.25, -0.2) is 0 Å². The number of rotatable bonds is 6. The van der Waals surface area contributed by atoms with Gasteiger partial charge in [-0.1, -0.05) is 24.3 Å². The number of benzene rings is 2. The minimum absolute atomic E-state index is 0.00142. The maximum absolute atomic E-state index is 8.77. The first-order chi connectivity index (χ1) is 14.9. The van der Waals surface area contributed by atoms with E-state index in [1.54, 1.807) is 0 Å². The molecule has 2 aromatic carbocycles. The number of phosphoric acid groups is 1. The first-order valence-electron chi connectivity index (χ1n) is 10.5. The molecule has 1 heterocycles. The maximum atomic E-state index is 8.77. The molecule has 6 nitrogen and oxygen atoms in total. The summed E-state index contributed by atoms with van der Waals surface area (Å²) in [7, 11) is -2.73. The highest BCUT2D eigenvalue weighted by molar-refractivity contribution is 7.43. The van der Waals surface area contributed by atoms with Crippen LogP contribution in [0, 0.1) is 6.92 Å². The topological polar surface area (TPSA) is 86.8 Å². The molecule has 0 fully saturated rings. The van der Waals surface area contributed by atoms with E-state index < -0.39 is 7.82 Å². The van der Waals surface area contributed by atoms with Crippen molar-refractivity contribution in [2.45, 2.75) is 33.1 Å². The van der Waals surface area contributed by atoms with Crippen molar-refractivity contribution in [2.24, 2.45) is 0 Å². The van der Waals surface area contributed by atoms with Gasteiger partial charge in [0.1, 0.15) is 7.05 Å². The minimum atomic E-state index is -4.89. The van der Waals surface area contributed by atoms with Crippen LogP contribution in [0.4, 0.5) is 11.4 Å². The molecule has 0 spiro atoms. The lowest BCUT2D eigenvalue weighted by Crippen LogP contribution is -2.26. The SMILES string of the molecule is CCN(CCCl)c1ccc(C)c(C=CC2=[N+](C)c3ccccc3C2(C)C)c1.O=P([O-])(O)O. The lowest BCUT2D eigenvalue weighted by atomic mass is 9.81. The molecule has 174 valence electrons. The Bertz CT molecular complexity index is 1050. The molecule has 0 amide bonds. The first-order valence-corrected chi connectivity index (χ1v) is 12.5. The van der Waals surface area contributed by atoms with Crippen molar-refractivity contribution in [1.82, 2.24) is 0 Å². The molecule has 0 bridgehead atoms. The minimum Gasteiger partial charge on any atom is -0.756 e. The van der Waals surface area contributed by atoms with E-state index in [1.165, 1.54) is 33.8 Å². The van der Waals surface area contributed by atoms with Crippen LogP contribution in [0.5, 0.6) is 0 Å². The molecule has 0 radical (unpaired) electrons. The fraction of sp³-hybridized carbons (Fsp3) is 0.375. The van der Waals surface area contributed by atoms with Gasteiger partial charge in [-0.15, -0.1) is 11.6 Å². The molecular weight excluding hydrogens is 447 g/mol. The molecule has 1 aliphatic rings. The zero-order chi connectivity index (χ0) is 24.1. The number of allylic oxidation sites excluding steroid dienone is 1. The van der Waals surface area contributed by atoms with Crippen LogP contribution >= 0.6 is 19.4 Å². The third-order valence-corrected chi connectivity index (χ3v) is 5.89.